The topological polar surface area (TPSA) is 52.7 Å². The highest BCUT2D eigenvalue weighted by Gasteiger charge is 2.38. The van der Waals surface area contributed by atoms with E-state index in [-0.39, 0.29) is 24.5 Å². The van der Waals surface area contributed by atoms with Crippen LogP contribution in [0.5, 0.6) is 0 Å². The van der Waals surface area contributed by atoms with Crippen molar-refractivity contribution in [1.29, 1.82) is 0 Å². The summed E-state index contributed by atoms with van der Waals surface area (Å²) >= 11 is 0. The molecule has 0 aromatic carbocycles. The summed E-state index contributed by atoms with van der Waals surface area (Å²) in [6, 6.07) is 0.403. The molecule has 2 aliphatic heterocycles. The van der Waals surface area contributed by atoms with E-state index in [0.717, 1.165) is 6.54 Å². The molecular formula is C10H17N3O2. The van der Waals surface area contributed by atoms with E-state index in [1.54, 1.807) is 4.90 Å². The van der Waals surface area contributed by atoms with Crippen molar-refractivity contribution in [1.82, 2.24) is 15.1 Å². The van der Waals surface area contributed by atoms with Gasteiger partial charge in [-0.15, -0.1) is 0 Å². The zero-order chi connectivity index (χ0) is 11.0. The molecule has 2 rings (SSSR count). The van der Waals surface area contributed by atoms with Crippen molar-refractivity contribution < 1.29 is 9.59 Å². The monoisotopic (exact) mass is 211 g/mol. The normalized spacial score (nSPS) is 27.9. The maximum absolute atomic E-state index is 11.7. The van der Waals surface area contributed by atoms with Gasteiger partial charge in [0.05, 0.1) is 6.54 Å². The predicted octanol–water partition coefficient (Wildman–Crippen LogP) is -0.615. The van der Waals surface area contributed by atoms with Crippen molar-refractivity contribution >= 4 is 11.8 Å². The zero-order valence-corrected chi connectivity index (χ0v) is 9.19. The van der Waals surface area contributed by atoms with Gasteiger partial charge in [-0.25, -0.2) is 0 Å². The average Bonchev–Trinajstić information content (AvgIpc) is 2.19. The molecule has 2 aliphatic rings. The molecule has 5 heteroatoms. The largest absolute Gasteiger partial charge is 0.351 e. The van der Waals surface area contributed by atoms with Crippen LogP contribution in [0.15, 0.2) is 0 Å². The molecule has 2 fully saturated rings. The van der Waals surface area contributed by atoms with E-state index in [1.807, 2.05) is 0 Å². The number of hydrogen-bond donors (Lipinski definition) is 1. The molecule has 15 heavy (non-hydrogen) atoms. The minimum atomic E-state index is -0.0507. The smallest absolute Gasteiger partial charge is 0.239 e. The Morgan fingerprint density at radius 3 is 2.80 bits per heavy atom. The lowest BCUT2D eigenvalue weighted by Crippen LogP contribution is -2.67. The second-order valence-electron chi connectivity index (χ2n) is 4.39. The van der Waals surface area contributed by atoms with Crippen LogP contribution in [0.1, 0.15) is 20.3 Å². The van der Waals surface area contributed by atoms with Crippen molar-refractivity contribution in [3.63, 3.8) is 0 Å². The minimum Gasteiger partial charge on any atom is -0.351 e. The molecule has 0 spiro atoms. The van der Waals surface area contributed by atoms with Gasteiger partial charge in [0, 0.05) is 19.0 Å². The van der Waals surface area contributed by atoms with E-state index < -0.39 is 0 Å². The Morgan fingerprint density at radius 2 is 2.13 bits per heavy atom. The van der Waals surface area contributed by atoms with E-state index in [4.69, 9.17) is 0 Å². The Bertz CT molecular complexity index is 290. The summed E-state index contributed by atoms with van der Waals surface area (Å²) in [6.45, 7) is 5.80. The molecule has 2 amide bonds. The SMILES string of the molecule is CC(C)N1CCC(=O)N2CC(=O)NCC21. The summed E-state index contributed by atoms with van der Waals surface area (Å²) in [5.74, 6) is 0.0527. The first-order chi connectivity index (χ1) is 7.09. The molecule has 2 saturated heterocycles. The highest BCUT2D eigenvalue weighted by molar-refractivity contribution is 5.86. The van der Waals surface area contributed by atoms with Crippen LogP contribution in [-0.2, 0) is 9.59 Å². The molecule has 1 N–H and O–H groups in total. The summed E-state index contributed by atoms with van der Waals surface area (Å²) in [4.78, 5) is 26.8. The number of nitrogens with one attached hydrogen (secondary N) is 1. The van der Waals surface area contributed by atoms with Gasteiger partial charge in [0.2, 0.25) is 11.8 Å². The molecule has 1 unspecified atom stereocenters. The van der Waals surface area contributed by atoms with Gasteiger partial charge in [-0.2, -0.15) is 0 Å². The van der Waals surface area contributed by atoms with Gasteiger partial charge in [0.1, 0.15) is 12.7 Å². The van der Waals surface area contributed by atoms with Crippen molar-refractivity contribution in [3.8, 4) is 0 Å². The Hall–Kier alpha value is -1.10. The number of carbonyl (C=O) groups excluding carboxylic acids is 2. The first-order valence-electron chi connectivity index (χ1n) is 5.41. The number of hydrogen-bond acceptors (Lipinski definition) is 3. The van der Waals surface area contributed by atoms with Crippen LogP contribution in [0.4, 0.5) is 0 Å². The Balaban J connectivity index is 2.16. The Morgan fingerprint density at radius 1 is 1.40 bits per heavy atom. The first-order valence-corrected chi connectivity index (χ1v) is 5.41. The zero-order valence-electron chi connectivity index (χ0n) is 9.19. The van der Waals surface area contributed by atoms with E-state index in [0.29, 0.717) is 19.0 Å². The fourth-order valence-electron chi connectivity index (χ4n) is 2.30. The first kappa shape index (κ1) is 10.4. The maximum atomic E-state index is 11.7. The Kier molecular flexibility index (Phi) is 2.65. The van der Waals surface area contributed by atoms with Gasteiger partial charge >= 0.3 is 0 Å². The van der Waals surface area contributed by atoms with E-state index in [2.05, 4.69) is 24.1 Å². The molecule has 1 atom stereocenters. The standard InChI is InChI=1S/C10H17N3O2/c1-7(2)12-4-3-10(15)13-6-8(14)11-5-9(12)13/h7,9H,3-6H2,1-2H3,(H,11,14). The Labute approximate surface area is 89.4 Å². The van der Waals surface area contributed by atoms with Crippen LogP contribution in [0.2, 0.25) is 0 Å². The number of piperazine rings is 1. The summed E-state index contributed by atoms with van der Waals surface area (Å²) in [7, 11) is 0. The molecule has 0 aliphatic carbocycles. The number of carbonyl (C=O) groups is 2. The second-order valence-corrected chi connectivity index (χ2v) is 4.39. The predicted molar refractivity (Wildman–Crippen MR) is 55.0 cm³/mol. The van der Waals surface area contributed by atoms with Crippen molar-refractivity contribution in [3.05, 3.63) is 0 Å². The van der Waals surface area contributed by atoms with Gasteiger partial charge < -0.3 is 10.2 Å². The highest BCUT2D eigenvalue weighted by atomic mass is 16.2. The summed E-state index contributed by atoms with van der Waals surface area (Å²) in [5.41, 5.74) is 0. The molecule has 0 radical (unpaired) electrons. The molecule has 0 bridgehead atoms. The van der Waals surface area contributed by atoms with Gasteiger partial charge in [-0.3, -0.25) is 14.5 Å². The molecule has 84 valence electrons. The number of fused-ring (bicyclic) bond motifs is 1. The molecule has 5 nitrogen and oxygen atoms in total. The summed E-state index contributed by atoms with van der Waals surface area (Å²) in [5, 5.41) is 2.81. The van der Waals surface area contributed by atoms with Gasteiger partial charge in [-0.1, -0.05) is 0 Å². The van der Waals surface area contributed by atoms with Crippen LogP contribution in [-0.4, -0.2) is 53.5 Å². The lowest BCUT2D eigenvalue weighted by molar-refractivity contribution is -0.154. The fourth-order valence-corrected chi connectivity index (χ4v) is 2.30. The molecule has 2 heterocycles. The maximum Gasteiger partial charge on any atom is 0.239 e. The van der Waals surface area contributed by atoms with Crippen LogP contribution in [0.25, 0.3) is 0 Å². The molecular weight excluding hydrogens is 194 g/mol. The number of rotatable bonds is 1. The third-order valence-corrected chi connectivity index (χ3v) is 3.11. The quantitative estimate of drug-likeness (QED) is 0.629. The third kappa shape index (κ3) is 1.84. The fraction of sp³-hybridized carbons (Fsp3) is 0.800. The van der Waals surface area contributed by atoms with Crippen molar-refractivity contribution in [2.24, 2.45) is 0 Å². The van der Waals surface area contributed by atoms with Crippen molar-refractivity contribution in [2.45, 2.75) is 32.5 Å². The van der Waals surface area contributed by atoms with Crippen LogP contribution >= 0.6 is 0 Å². The van der Waals surface area contributed by atoms with Gasteiger partial charge in [-0.05, 0) is 13.8 Å². The summed E-state index contributed by atoms with van der Waals surface area (Å²) < 4.78 is 0. The number of nitrogens with zero attached hydrogens (tertiary/aromatic N) is 2. The van der Waals surface area contributed by atoms with Gasteiger partial charge in [0.15, 0.2) is 0 Å². The lowest BCUT2D eigenvalue weighted by atomic mass is 10.1. The van der Waals surface area contributed by atoms with E-state index in [9.17, 15) is 9.59 Å². The van der Waals surface area contributed by atoms with Crippen LogP contribution in [0, 0.1) is 0 Å². The van der Waals surface area contributed by atoms with Crippen LogP contribution in [0.3, 0.4) is 0 Å². The van der Waals surface area contributed by atoms with E-state index >= 15 is 0 Å². The molecule has 0 saturated carbocycles. The van der Waals surface area contributed by atoms with E-state index in [1.165, 1.54) is 0 Å². The highest BCUT2D eigenvalue weighted by Crippen LogP contribution is 2.19. The summed E-state index contributed by atoms with van der Waals surface area (Å²) in [6.07, 6.45) is 0.589. The lowest BCUT2D eigenvalue weighted by Gasteiger charge is -2.47. The second kappa shape index (κ2) is 3.81. The average molecular weight is 211 g/mol. The molecule has 0 aromatic rings. The van der Waals surface area contributed by atoms with Crippen LogP contribution < -0.4 is 5.32 Å². The number of amides is 2. The molecule has 0 aromatic heterocycles. The third-order valence-electron chi connectivity index (χ3n) is 3.11. The van der Waals surface area contributed by atoms with Gasteiger partial charge in [0.25, 0.3) is 0 Å². The minimum absolute atomic E-state index is 0.0507. The van der Waals surface area contributed by atoms with Crippen molar-refractivity contribution in [2.75, 3.05) is 19.6 Å².